The van der Waals surface area contributed by atoms with Crippen LogP contribution in [0.5, 0.6) is 0 Å². The molecule has 1 heterocycles. The molecule has 0 fully saturated rings. The van der Waals surface area contributed by atoms with Crippen LogP contribution in [0.3, 0.4) is 0 Å². The Balaban J connectivity index is 2.66. The van der Waals surface area contributed by atoms with E-state index in [0.29, 0.717) is 12.2 Å². The molecule has 88 valence electrons. The van der Waals surface area contributed by atoms with Crippen LogP contribution in [0.25, 0.3) is 0 Å². The second-order valence-corrected chi connectivity index (χ2v) is 3.72. The largest absolute Gasteiger partial charge is 0.476 e. The molecular weight excluding hydrogens is 210 g/mol. The summed E-state index contributed by atoms with van der Waals surface area (Å²) in [5.41, 5.74) is -0.103. The van der Waals surface area contributed by atoms with Gasteiger partial charge in [-0.25, -0.2) is 9.78 Å². The first-order chi connectivity index (χ1) is 7.49. The summed E-state index contributed by atoms with van der Waals surface area (Å²) in [6, 6.07) is -0.00153. The summed E-state index contributed by atoms with van der Waals surface area (Å²) >= 11 is 0. The third-order valence-corrected chi connectivity index (χ3v) is 1.94. The fourth-order valence-corrected chi connectivity index (χ4v) is 1.36. The molecule has 16 heavy (non-hydrogen) atoms. The van der Waals surface area contributed by atoms with Crippen LogP contribution >= 0.6 is 0 Å². The summed E-state index contributed by atoms with van der Waals surface area (Å²) in [7, 11) is 0. The summed E-state index contributed by atoms with van der Waals surface area (Å²) in [5, 5.41) is 20.9. The Morgan fingerprint density at radius 3 is 2.75 bits per heavy atom. The van der Waals surface area contributed by atoms with Gasteiger partial charge in [0.1, 0.15) is 5.82 Å². The van der Waals surface area contributed by atoms with Crippen molar-refractivity contribution in [3.05, 3.63) is 18.1 Å². The van der Waals surface area contributed by atoms with E-state index in [2.05, 4.69) is 15.3 Å². The van der Waals surface area contributed by atoms with Crippen molar-refractivity contribution in [2.75, 3.05) is 5.32 Å². The van der Waals surface area contributed by atoms with Gasteiger partial charge in [0.2, 0.25) is 0 Å². The van der Waals surface area contributed by atoms with Crippen LogP contribution < -0.4 is 5.32 Å². The average Bonchev–Trinajstić information content (AvgIpc) is 2.16. The Morgan fingerprint density at radius 1 is 1.50 bits per heavy atom. The standard InChI is InChI=1S/C10H15N3O3/c1-6(3-7(2)14)12-9-5-11-4-8(13-9)10(15)16/h4-7,14H,3H2,1-2H3,(H,12,13)(H,15,16). The number of aromatic nitrogens is 2. The van der Waals surface area contributed by atoms with Gasteiger partial charge in [-0.3, -0.25) is 4.98 Å². The van der Waals surface area contributed by atoms with Crippen LogP contribution in [0.15, 0.2) is 12.4 Å². The highest BCUT2D eigenvalue weighted by Crippen LogP contribution is 2.07. The average molecular weight is 225 g/mol. The number of anilines is 1. The van der Waals surface area contributed by atoms with E-state index in [4.69, 9.17) is 5.11 Å². The Labute approximate surface area is 93.4 Å². The van der Waals surface area contributed by atoms with Crippen molar-refractivity contribution in [2.24, 2.45) is 0 Å². The lowest BCUT2D eigenvalue weighted by Crippen LogP contribution is -2.21. The number of hydrogen-bond donors (Lipinski definition) is 3. The van der Waals surface area contributed by atoms with Crippen LogP contribution in [-0.2, 0) is 0 Å². The third kappa shape index (κ3) is 3.82. The number of carboxylic acids is 1. The van der Waals surface area contributed by atoms with Crippen LogP contribution in [-0.4, -0.2) is 38.3 Å². The molecule has 0 aromatic carbocycles. The van der Waals surface area contributed by atoms with Crippen molar-refractivity contribution in [3.8, 4) is 0 Å². The van der Waals surface area contributed by atoms with Gasteiger partial charge in [0.25, 0.3) is 0 Å². The molecular formula is C10H15N3O3. The van der Waals surface area contributed by atoms with Crippen LogP contribution in [0.2, 0.25) is 0 Å². The first-order valence-corrected chi connectivity index (χ1v) is 4.99. The van der Waals surface area contributed by atoms with E-state index in [1.807, 2.05) is 6.92 Å². The quantitative estimate of drug-likeness (QED) is 0.684. The van der Waals surface area contributed by atoms with Gasteiger partial charge in [0.15, 0.2) is 5.69 Å². The van der Waals surface area contributed by atoms with E-state index in [1.165, 1.54) is 12.4 Å². The van der Waals surface area contributed by atoms with Gasteiger partial charge >= 0.3 is 5.97 Å². The molecule has 2 atom stereocenters. The molecule has 1 aromatic heterocycles. The molecule has 0 saturated carbocycles. The number of aliphatic hydroxyl groups is 1. The molecule has 0 amide bonds. The summed E-state index contributed by atoms with van der Waals surface area (Å²) in [6.07, 6.45) is 2.77. The lowest BCUT2D eigenvalue weighted by molar-refractivity contribution is 0.0690. The predicted molar refractivity (Wildman–Crippen MR) is 58.4 cm³/mol. The maximum atomic E-state index is 10.6. The molecule has 0 aliphatic rings. The lowest BCUT2D eigenvalue weighted by atomic mass is 10.1. The topological polar surface area (TPSA) is 95.3 Å². The zero-order chi connectivity index (χ0) is 12.1. The maximum absolute atomic E-state index is 10.6. The second kappa shape index (κ2) is 5.41. The normalized spacial score (nSPS) is 14.2. The fourth-order valence-electron chi connectivity index (χ4n) is 1.36. The van der Waals surface area contributed by atoms with Crippen LogP contribution in [0, 0.1) is 0 Å². The summed E-state index contributed by atoms with van der Waals surface area (Å²) in [5.74, 6) is -0.715. The Bertz CT molecular complexity index is 368. The molecule has 0 saturated heterocycles. The number of carbonyl (C=O) groups is 1. The number of carboxylic acid groups (broad SMARTS) is 1. The monoisotopic (exact) mass is 225 g/mol. The molecule has 0 bridgehead atoms. The molecule has 0 aliphatic heterocycles. The minimum absolute atomic E-state index is 0.00153. The molecule has 6 heteroatoms. The fraction of sp³-hybridized carbons (Fsp3) is 0.500. The van der Waals surface area contributed by atoms with Gasteiger partial charge in [-0.1, -0.05) is 0 Å². The minimum atomic E-state index is -1.11. The van der Waals surface area contributed by atoms with Crippen molar-refractivity contribution in [1.82, 2.24) is 9.97 Å². The third-order valence-electron chi connectivity index (χ3n) is 1.94. The Hall–Kier alpha value is -1.69. The molecule has 1 rings (SSSR count). The van der Waals surface area contributed by atoms with E-state index >= 15 is 0 Å². The smallest absolute Gasteiger partial charge is 0.356 e. The van der Waals surface area contributed by atoms with E-state index in [9.17, 15) is 9.90 Å². The van der Waals surface area contributed by atoms with Gasteiger partial charge in [0.05, 0.1) is 18.5 Å². The number of rotatable bonds is 5. The first-order valence-electron chi connectivity index (χ1n) is 4.99. The molecule has 0 spiro atoms. The molecule has 2 unspecified atom stereocenters. The highest BCUT2D eigenvalue weighted by Gasteiger charge is 2.09. The van der Waals surface area contributed by atoms with Crippen LogP contribution in [0.1, 0.15) is 30.8 Å². The van der Waals surface area contributed by atoms with Crippen LogP contribution in [0.4, 0.5) is 5.82 Å². The highest BCUT2D eigenvalue weighted by atomic mass is 16.4. The van der Waals surface area contributed by atoms with E-state index in [-0.39, 0.29) is 11.7 Å². The van der Waals surface area contributed by atoms with Crippen molar-refractivity contribution < 1.29 is 15.0 Å². The zero-order valence-corrected chi connectivity index (χ0v) is 9.21. The predicted octanol–water partition coefficient (Wildman–Crippen LogP) is 0.746. The highest BCUT2D eigenvalue weighted by molar-refractivity contribution is 5.85. The Kier molecular flexibility index (Phi) is 4.19. The minimum Gasteiger partial charge on any atom is -0.476 e. The zero-order valence-electron chi connectivity index (χ0n) is 9.21. The van der Waals surface area contributed by atoms with Crippen molar-refractivity contribution in [2.45, 2.75) is 32.4 Å². The van der Waals surface area contributed by atoms with E-state index < -0.39 is 12.1 Å². The van der Waals surface area contributed by atoms with Crippen molar-refractivity contribution in [3.63, 3.8) is 0 Å². The number of nitrogens with one attached hydrogen (secondary N) is 1. The maximum Gasteiger partial charge on any atom is 0.356 e. The summed E-state index contributed by atoms with van der Waals surface area (Å²) in [6.45, 7) is 3.57. The Morgan fingerprint density at radius 2 is 2.19 bits per heavy atom. The molecule has 0 aliphatic carbocycles. The van der Waals surface area contributed by atoms with E-state index in [0.717, 1.165) is 0 Å². The van der Waals surface area contributed by atoms with Gasteiger partial charge in [-0.05, 0) is 20.3 Å². The molecule has 1 aromatic rings. The van der Waals surface area contributed by atoms with Gasteiger partial charge in [-0.15, -0.1) is 0 Å². The molecule has 0 radical (unpaired) electrons. The van der Waals surface area contributed by atoms with Gasteiger partial charge in [0, 0.05) is 6.04 Å². The van der Waals surface area contributed by atoms with Gasteiger partial charge in [-0.2, -0.15) is 0 Å². The second-order valence-electron chi connectivity index (χ2n) is 3.72. The van der Waals surface area contributed by atoms with E-state index in [1.54, 1.807) is 6.92 Å². The number of aliphatic hydroxyl groups excluding tert-OH is 1. The molecule has 6 nitrogen and oxygen atoms in total. The number of hydrogen-bond acceptors (Lipinski definition) is 5. The summed E-state index contributed by atoms with van der Waals surface area (Å²) in [4.78, 5) is 18.3. The summed E-state index contributed by atoms with van der Waals surface area (Å²) < 4.78 is 0. The molecule has 3 N–H and O–H groups in total. The number of aromatic carboxylic acids is 1. The number of nitrogens with zero attached hydrogens (tertiary/aromatic N) is 2. The van der Waals surface area contributed by atoms with Crippen molar-refractivity contribution in [1.29, 1.82) is 0 Å². The first kappa shape index (κ1) is 12.4. The van der Waals surface area contributed by atoms with Crippen molar-refractivity contribution >= 4 is 11.8 Å². The van der Waals surface area contributed by atoms with Gasteiger partial charge < -0.3 is 15.5 Å². The SMILES string of the molecule is CC(O)CC(C)Nc1cncc(C(=O)O)n1. The lowest BCUT2D eigenvalue weighted by Gasteiger charge is -2.15.